The lowest BCUT2D eigenvalue weighted by molar-refractivity contribution is 0.557. The maximum absolute atomic E-state index is 5.88. The summed E-state index contributed by atoms with van der Waals surface area (Å²) in [6, 6.07) is 9.51. The predicted molar refractivity (Wildman–Crippen MR) is 72.1 cm³/mol. The minimum atomic E-state index is 0.382. The number of aromatic nitrogens is 1. The number of aliphatic imine (C=N–C) groups is 1. The monoisotopic (exact) mass is 239 g/mol. The van der Waals surface area contributed by atoms with Gasteiger partial charge in [-0.2, -0.15) is 0 Å². The number of aromatic amines is 1. The summed E-state index contributed by atoms with van der Waals surface area (Å²) in [7, 11) is 0. The Morgan fingerprint density at radius 2 is 2.22 bits per heavy atom. The molecule has 3 aromatic rings. The van der Waals surface area contributed by atoms with E-state index in [-0.39, 0.29) is 0 Å². The molecule has 1 aromatic carbocycles. The van der Waals surface area contributed by atoms with Gasteiger partial charge in [-0.05, 0) is 42.8 Å². The fraction of sp³-hybridized carbons (Fsp3) is 0.0714. The first kappa shape index (κ1) is 10.7. The second kappa shape index (κ2) is 4.07. The number of furan rings is 1. The Bertz CT molecular complexity index is 708. The van der Waals surface area contributed by atoms with Gasteiger partial charge in [0.25, 0.3) is 0 Å². The molecule has 0 atom stereocenters. The molecule has 3 rings (SSSR count). The van der Waals surface area contributed by atoms with Crippen molar-refractivity contribution in [3.63, 3.8) is 0 Å². The number of amidine groups is 1. The number of hydrogen-bond donors (Lipinski definition) is 2. The molecule has 18 heavy (non-hydrogen) atoms. The van der Waals surface area contributed by atoms with Gasteiger partial charge in [0.2, 0.25) is 0 Å². The van der Waals surface area contributed by atoms with E-state index in [2.05, 4.69) is 16.9 Å². The van der Waals surface area contributed by atoms with Gasteiger partial charge < -0.3 is 15.1 Å². The summed E-state index contributed by atoms with van der Waals surface area (Å²) in [5.74, 6) is 0.966. The number of nitrogens with one attached hydrogen (secondary N) is 1. The molecule has 3 N–H and O–H groups in total. The van der Waals surface area contributed by atoms with E-state index in [0.29, 0.717) is 11.6 Å². The molecule has 4 heteroatoms. The number of aryl methyl sites for hydroxylation is 1. The van der Waals surface area contributed by atoms with Crippen LogP contribution in [0.3, 0.4) is 0 Å². The first-order valence-electron chi connectivity index (χ1n) is 5.70. The van der Waals surface area contributed by atoms with Gasteiger partial charge in [0.15, 0.2) is 11.6 Å². The zero-order chi connectivity index (χ0) is 12.5. The van der Waals surface area contributed by atoms with E-state index >= 15 is 0 Å². The molecular formula is C14H13N3O. The summed E-state index contributed by atoms with van der Waals surface area (Å²) in [5, 5.41) is 1.16. The molecule has 0 bridgehead atoms. The van der Waals surface area contributed by atoms with Crippen molar-refractivity contribution in [3.05, 3.63) is 54.1 Å². The average molecular weight is 239 g/mol. The molecular weight excluding hydrogens is 226 g/mol. The lowest BCUT2D eigenvalue weighted by Gasteiger charge is -1.98. The van der Waals surface area contributed by atoms with Crippen molar-refractivity contribution in [3.8, 4) is 0 Å². The van der Waals surface area contributed by atoms with E-state index in [4.69, 9.17) is 10.2 Å². The zero-order valence-electron chi connectivity index (χ0n) is 9.97. The highest BCUT2D eigenvalue weighted by atomic mass is 16.3. The second-order valence-corrected chi connectivity index (χ2v) is 4.18. The van der Waals surface area contributed by atoms with Crippen LogP contribution in [0.15, 0.2) is 52.2 Å². The van der Waals surface area contributed by atoms with Gasteiger partial charge in [0, 0.05) is 17.1 Å². The SMILES string of the molecule is Cc1c[nH]c2ccc(N=C(N)c3ccco3)cc12. The average Bonchev–Trinajstić information content (AvgIpc) is 3.00. The molecule has 0 amide bonds. The molecule has 0 spiro atoms. The molecule has 2 heterocycles. The number of H-pyrrole nitrogens is 1. The molecule has 4 nitrogen and oxygen atoms in total. The van der Waals surface area contributed by atoms with Crippen LogP contribution in [0.1, 0.15) is 11.3 Å². The van der Waals surface area contributed by atoms with Crippen molar-refractivity contribution < 1.29 is 4.42 Å². The van der Waals surface area contributed by atoms with Crippen molar-refractivity contribution in [2.24, 2.45) is 10.7 Å². The van der Waals surface area contributed by atoms with Crippen LogP contribution in [0.25, 0.3) is 10.9 Å². The third-order valence-electron chi connectivity index (χ3n) is 2.90. The Labute approximate surface area is 104 Å². The smallest absolute Gasteiger partial charge is 0.168 e. The maximum atomic E-state index is 5.88. The van der Waals surface area contributed by atoms with Crippen molar-refractivity contribution in [2.75, 3.05) is 0 Å². The van der Waals surface area contributed by atoms with Gasteiger partial charge in [-0.1, -0.05) is 0 Å². The van der Waals surface area contributed by atoms with Crippen LogP contribution in [0.2, 0.25) is 0 Å². The standard InChI is InChI=1S/C14H13N3O/c1-9-8-16-12-5-4-10(7-11(9)12)17-14(15)13-3-2-6-18-13/h2-8,16H,1H3,(H2,15,17). The highest BCUT2D eigenvalue weighted by Gasteiger charge is 2.03. The van der Waals surface area contributed by atoms with Gasteiger partial charge in [-0.3, -0.25) is 0 Å². The Balaban J connectivity index is 2.04. The lowest BCUT2D eigenvalue weighted by atomic mass is 10.2. The van der Waals surface area contributed by atoms with Crippen molar-refractivity contribution in [2.45, 2.75) is 6.92 Å². The van der Waals surface area contributed by atoms with Crippen LogP contribution in [0, 0.1) is 6.92 Å². The van der Waals surface area contributed by atoms with Crippen LogP contribution in [0.5, 0.6) is 0 Å². The van der Waals surface area contributed by atoms with Gasteiger partial charge in [0.05, 0.1) is 12.0 Å². The van der Waals surface area contributed by atoms with Gasteiger partial charge >= 0.3 is 0 Å². The highest BCUT2D eigenvalue weighted by molar-refractivity contribution is 5.97. The van der Waals surface area contributed by atoms with E-state index in [1.807, 2.05) is 24.4 Å². The largest absolute Gasteiger partial charge is 0.461 e. The molecule has 90 valence electrons. The first-order valence-corrected chi connectivity index (χ1v) is 5.70. The number of rotatable bonds is 2. The Hall–Kier alpha value is -2.49. The van der Waals surface area contributed by atoms with E-state index in [1.165, 1.54) is 5.56 Å². The Morgan fingerprint density at radius 3 is 3.00 bits per heavy atom. The third kappa shape index (κ3) is 1.78. The van der Waals surface area contributed by atoms with Crippen molar-refractivity contribution in [1.29, 1.82) is 0 Å². The molecule has 0 saturated carbocycles. The fourth-order valence-corrected chi connectivity index (χ4v) is 1.94. The number of benzene rings is 1. The molecule has 0 saturated heterocycles. The Morgan fingerprint density at radius 1 is 1.33 bits per heavy atom. The highest BCUT2D eigenvalue weighted by Crippen LogP contribution is 2.23. The molecule has 0 fully saturated rings. The topological polar surface area (TPSA) is 67.3 Å². The summed E-state index contributed by atoms with van der Waals surface area (Å²) in [6.45, 7) is 2.06. The quantitative estimate of drug-likeness (QED) is 0.533. The van der Waals surface area contributed by atoms with Gasteiger partial charge in [-0.15, -0.1) is 0 Å². The summed E-state index contributed by atoms with van der Waals surface area (Å²) in [4.78, 5) is 7.56. The summed E-state index contributed by atoms with van der Waals surface area (Å²) in [6.07, 6.45) is 3.56. The second-order valence-electron chi connectivity index (χ2n) is 4.18. The molecule has 0 aliphatic heterocycles. The minimum absolute atomic E-state index is 0.382. The van der Waals surface area contributed by atoms with Gasteiger partial charge in [-0.25, -0.2) is 4.99 Å². The predicted octanol–water partition coefficient (Wildman–Crippen LogP) is 3.11. The first-order chi connectivity index (χ1) is 8.74. The van der Waals surface area contributed by atoms with Crippen LogP contribution >= 0.6 is 0 Å². The maximum Gasteiger partial charge on any atom is 0.168 e. The van der Waals surface area contributed by atoms with Crippen LogP contribution in [-0.4, -0.2) is 10.8 Å². The minimum Gasteiger partial charge on any atom is -0.461 e. The number of hydrogen-bond acceptors (Lipinski definition) is 2. The van der Waals surface area contributed by atoms with Crippen LogP contribution in [0.4, 0.5) is 5.69 Å². The van der Waals surface area contributed by atoms with Crippen molar-refractivity contribution >= 4 is 22.4 Å². The molecule has 0 unspecified atom stereocenters. The number of nitrogens with two attached hydrogens (primary N) is 1. The molecule has 2 aromatic heterocycles. The molecule has 0 aliphatic carbocycles. The normalized spacial score (nSPS) is 12.2. The summed E-state index contributed by atoms with van der Waals surface area (Å²) < 4.78 is 5.20. The van der Waals surface area contributed by atoms with E-state index in [0.717, 1.165) is 16.6 Å². The van der Waals surface area contributed by atoms with Crippen LogP contribution < -0.4 is 5.73 Å². The lowest BCUT2D eigenvalue weighted by Crippen LogP contribution is -2.11. The Kier molecular flexibility index (Phi) is 2.41. The molecule has 0 aliphatic rings. The van der Waals surface area contributed by atoms with Crippen LogP contribution in [-0.2, 0) is 0 Å². The summed E-state index contributed by atoms with van der Waals surface area (Å²) >= 11 is 0. The van der Waals surface area contributed by atoms with E-state index in [9.17, 15) is 0 Å². The van der Waals surface area contributed by atoms with E-state index < -0.39 is 0 Å². The number of fused-ring (bicyclic) bond motifs is 1. The number of nitrogens with zero attached hydrogens (tertiary/aromatic N) is 1. The van der Waals surface area contributed by atoms with E-state index in [1.54, 1.807) is 18.4 Å². The van der Waals surface area contributed by atoms with Gasteiger partial charge in [0.1, 0.15) is 0 Å². The fourth-order valence-electron chi connectivity index (χ4n) is 1.94. The van der Waals surface area contributed by atoms with Crippen molar-refractivity contribution in [1.82, 2.24) is 4.98 Å². The molecule has 0 radical (unpaired) electrons. The zero-order valence-corrected chi connectivity index (χ0v) is 9.97. The summed E-state index contributed by atoms with van der Waals surface area (Å²) in [5.41, 5.74) is 8.99. The third-order valence-corrected chi connectivity index (χ3v) is 2.90.